The van der Waals surface area contributed by atoms with Gasteiger partial charge in [0.1, 0.15) is 6.17 Å². The third-order valence-electron chi connectivity index (χ3n) is 6.05. The number of likely N-dealkylation sites (tertiary alicyclic amines) is 1. The highest BCUT2D eigenvalue weighted by molar-refractivity contribution is 5.96. The van der Waals surface area contributed by atoms with Crippen molar-refractivity contribution in [3.63, 3.8) is 0 Å². The van der Waals surface area contributed by atoms with Gasteiger partial charge in [0.2, 0.25) is 5.95 Å². The van der Waals surface area contributed by atoms with Crippen LogP contribution in [0, 0.1) is 5.95 Å². The average Bonchev–Trinajstić information content (AvgIpc) is 3.52. The lowest BCUT2D eigenvalue weighted by atomic mass is 10.1. The lowest BCUT2D eigenvalue weighted by Crippen LogP contribution is -2.41. The number of ether oxygens (including phenoxy) is 1. The fraction of sp³-hybridized carbons (Fsp3) is 0.444. The molecule has 2 aromatic rings. The normalized spacial score (nSPS) is 19.1. The summed E-state index contributed by atoms with van der Waals surface area (Å²) < 4.78 is 19.2. The number of morpholine rings is 1. The van der Waals surface area contributed by atoms with Crippen molar-refractivity contribution in [2.24, 2.45) is 4.99 Å². The van der Waals surface area contributed by atoms with Crippen LogP contribution in [0.5, 0.6) is 0 Å². The Balaban J connectivity index is 0.00000115. The van der Waals surface area contributed by atoms with Gasteiger partial charge in [-0.3, -0.25) is 15.1 Å². The molecule has 2 N–H and O–H groups in total. The summed E-state index contributed by atoms with van der Waals surface area (Å²) in [6.07, 6.45) is 5.40. The Bertz CT molecular complexity index is 1060. The Morgan fingerprint density at radius 3 is 2.72 bits per heavy atom. The van der Waals surface area contributed by atoms with Crippen LogP contribution in [0.15, 0.2) is 54.2 Å². The monoisotopic (exact) mass is 496 g/mol. The summed E-state index contributed by atoms with van der Waals surface area (Å²) in [6.45, 7) is 9.81. The van der Waals surface area contributed by atoms with E-state index in [9.17, 15) is 9.18 Å². The van der Waals surface area contributed by atoms with Crippen molar-refractivity contribution in [1.29, 1.82) is 0 Å². The van der Waals surface area contributed by atoms with E-state index in [2.05, 4.69) is 41.0 Å². The summed E-state index contributed by atoms with van der Waals surface area (Å²) in [5.74, 6) is -0.511. The number of nitrogens with one attached hydrogen (secondary N) is 2. The second-order valence-electron chi connectivity index (χ2n) is 8.76. The predicted molar refractivity (Wildman–Crippen MR) is 142 cm³/mol. The topological polar surface area (TPSA) is 82.1 Å². The number of hydrogen-bond donors (Lipinski definition) is 2. The van der Waals surface area contributed by atoms with Gasteiger partial charge in [-0.2, -0.15) is 4.39 Å². The number of aliphatic imine (C=N–C) groups is 1. The van der Waals surface area contributed by atoms with E-state index >= 15 is 0 Å². The Hall–Kier alpha value is -3.30. The lowest BCUT2D eigenvalue weighted by molar-refractivity contribution is 0.0259. The van der Waals surface area contributed by atoms with E-state index < -0.39 is 5.95 Å². The number of pyridine rings is 1. The number of rotatable bonds is 9. The van der Waals surface area contributed by atoms with Gasteiger partial charge >= 0.3 is 0 Å². The smallest absolute Gasteiger partial charge is 0.254 e. The molecule has 0 spiro atoms. The molecule has 194 valence electrons. The number of benzene rings is 1. The van der Waals surface area contributed by atoms with Crippen molar-refractivity contribution in [1.82, 2.24) is 20.1 Å². The van der Waals surface area contributed by atoms with Crippen molar-refractivity contribution in [2.45, 2.75) is 45.0 Å². The van der Waals surface area contributed by atoms with E-state index in [1.54, 1.807) is 44.7 Å². The van der Waals surface area contributed by atoms with Crippen LogP contribution in [0.25, 0.3) is 0 Å². The van der Waals surface area contributed by atoms with E-state index in [4.69, 9.17) is 4.74 Å². The van der Waals surface area contributed by atoms with Gasteiger partial charge in [0.25, 0.3) is 5.91 Å². The minimum atomic E-state index is -0.534. The summed E-state index contributed by atoms with van der Waals surface area (Å²) in [5.41, 5.74) is 2.66. The third-order valence-corrected chi connectivity index (χ3v) is 6.05. The molecule has 1 amide bonds. The molecule has 36 heavy (non-hydrogen) atoms. The van der Waals surface area contributed by atoms with Gasteiger partial charge in [-0.1, -0.05) is 32.9 Å². The summed E-state index contributed by atoms with van der Waals surface area (Å²) in [7, 11) is 3.58. The summed E-state index contributed by atoms with van der Waals surface area (Å²) in [4.78, 5) is 25.3. The van der Waals surface area contributed by atoms with Gasteiger partial charge in [0.05, 0.1) is 42.4 Å². The number of aromatic nitrogens is 1. The zero-order chi connectivity index (χ0) is 26.1. The minimum absolute atomic E-state index is 0.0233. The fourth-order valence-electron chi connectivity index (χ4n) is 4.37. The van der Waals surface area contributed by atoms with Crippen LogP contribution in [-0.4, -0.2) is 72.8 Å². The lowest BCUT2D eigenvalue weighted by Gasteiger charge is -2.28. The Morgan fingerprint density at radius 2 is 2.14 bits per heavy atom. The maximum atomic E-state index is 13.6. The SMILES string of the molecule is C=CN(CC=Nc1ccc(C(=O)N2CC3CC2CO3)cc1NC)C(NC)c1cccc(F)n1.CCC. The number of hydrogen-bond acceptors (Lipinski definition) is 7. The van der Waals surface area contributed by atoms with Gasteiger partial charge < -0.3 is 19.9 Å². The highest BCUT2D eigenvalue weighted by Crippen LogP contribution is 2.31. The van der Waals surface area contributed by atoms with E-state index in [1.165, 1.54) is 12.5 Å². The molecule has 2 fully saturated rings. The second kappa shape index (κ2) is 13.1. The van der Waals surface area contributed by atoms with E-state index in [0.717, 1.165) is 12.1 Å². The molecule has 1 aromatic heterocycles. The first-order valence-electron chi connectivity index (χ1n) is 12.4. The van der Waals surface area contributed by atoms with Crippen molar-refractivity contribution < 1.29 is 13.9 Å². The zero-order valence-electron chi connectivity index (χ0n) is 21.6. The summed E-state index contributed by atoms with van der Waals surface area (Å²) in [5, 5.41) is 6.25. The van der Waals surface area contributed by atoms with E-state index in [1.807, 2.05) is 21.9 Å². The average molecular weight is 497 g/mol. The Labute approximate surface area is 213 Å². The number of nitrogens with zero attached hydrogens (tertiary/aromatic N) is 4. The number of carbonyl (C=O) groups excluding carboxylic acids is 1. The maximum absolute atomic E-state index is 13.6. The van der Waals surface area contributed by atoms with Crippen LogP contribution in [0.3, 0.4) is 0 Å². The number of amides is 1. The minimum Gasteiger partial charge on any atom is -0.386 e. The summed E-state index contributed by atoms with van der Waals surface area (Å²) in [6, 6.07) is 10.3. The quantitative estimate of drug-likeness (QED) is 0.305. The molecule has 0 aliphatic carbocycles. The van der Waals surface area contributed by atoms with Crippen LogP contribution >= 0.6 is 0 Å². The molecule has 0 saturated carbocycles. The van der Waals surface area contributed by atoms with Crippen LogP contribution in [0.4, 0.5) is 15.8 Å². The number of anilines is 1. The molecule has 3 unspecified atom stereocenters. The first-order valence-corrected chi connectivity index (χ1v) is 12.4. The van der Waals surface area contributed by atoms with Crippen LogP contribution in [0.2, 0.25) is 0 Å². The highest BCUT2D eigenvalue weighted by atomic mass is 19.1. The molecule has 4 rings (SSSR count). The molecule has 9 heteroatoms. The zero-order valence-corrected chi connectivity index (χ0v) is 21.6. The second-order valence-corrected chi connectivity index (χ2v) is 8.76. The molecule has 3 heterocycles. The highest BCUT2D eigenvalue weighted by Gasteiger charge is 2.41. The van der Waals surface area contributed by atoms with Gasteiger partial charge in [-0.05, 0) is 50.0 Å². The Morgan fingerprint density at radius 1 is 1.36 bits per heavy atom. The molecule has 1 aromatic carbocycles. The van der Waals surface area contributed by atoms with Crippen LogP contribution in [-0.2, 0) is 4.74 Å². The van der Waals surface area contributed by atoms with Crippen molar-refractivity contribution in [3.05, 3.63) is 66.4 Å². The molecule has 2 aliphatic heterocycles. The maximum Gasteiger partial charge on any atom is 0.254 e. The molecular formula is C27H37FN6O2. The van der Waals surface area contributed by atoms with Crippen LogP contribution < -0.4 is 10.6 Å². The van der Waals surface area contributed by atoms with Crippen molar-refractivity contribution in [3.8, 4) is 0 Å². The number of fused-ring (bicyclic) bond motifs is 2. The first kappa shape index (κ1) is 27.3. The molecule has 2 bridgehead atoms. The standard InChI is InChI=1S/C24H29FN6O2.C3H8/c1-4-30(23(27-3)20-6-5-7-22(25)29-20)11-10-28-19-9-8-16(12-21(19)26-2)24(32)31-14-18-13-17(31)15-33-18;1-3-2/h4-10,12,17-18,23,26-27H,1,11,13-15H2,2-3H3;3H2,1-2H3. The number of halogens is 1. The van der Waals surface area contributed by atoms with Gasteiger partial charge in [-0.15, -0.1) is 0 Å². The third kappa shape index (κ3) is 6.47. The van der Waals surface area contributed by atoms with Gasteiger partial charge in [0.15, 0.2) is 0 Å². The molecule has 0 radical (unpaired) electrons. The predicted octanol–water partition coefficient (Wildman–Crippen LogP) is 4.36. The van der Waals surface area contributed by atoms with Crippen molar-refractivity contribution in [2.75, 3.05) is 39.1 Å². The van der Waals surface area contributed by atoms with E-state index in [-0.39, 0.29) is 24.2 Å². The Kier molecular flexibility index (Phi) is 9.95. The molecule has 3 atom stereocenters. The molecule has 2 saturated heterocycles. The molecule has 8 nitrogen and oxygen atoms in total. The van der Waals surface area contributed by atoms with E-state index in [0.29, 0.717) is 36.6 Å². The largest absolute Gasteiger partial charge is 0.386 e. The fourth-order valence-corrected chi connectivity index (χ4v) is 4.37. The number of carbonyl (C=O) groups is 1. The molecular weight excluding hydrogens is 459 g/mol. The van der Waals surface area contributed by atoms with Gasteiger partial charge in [0, 0.05) is 25.4 Å². The summed E-state index contributed by atoms with van der Waals surface area (Å²) >= 11 is 0. The first-order chi connectivity index (χ1) is 17.4. The van der Waals surface area contributed by atoms with Crippen LogP contribution in [0.1, 0.15) is 48.9 Å². The van der Waals surface area contributed by atoms with Gasteiger partial charge in [-0.25, -0.2) is 4.98 Å². The molecule has 2 aliphatic rings. The van der Waals surface area contributed by atoms with Crippen molar-refractivity contribution >= 4 is 23.5 Å².